The lowest BCUT2D eigenvalue weighted by Gasteiger charge is -1.97. The molecule has 0 aliphatic heterocycles. The van der Waals surface area contributed by atoms with Crippen LogP contribution in [0.5, 0.6) is 0 Å². The lowest BCUT2D eigenvalue weighted by molar-refractivity contribution is 0.596. The Labute approximate surface area is 88.8 Å². The molecule has 1 aromatic carbocycles. The molecule has 0 unspecified atom stereocenters. The third kappa shape index (κ3) is 7.64. The second-order valence-electron chi connectivity index (χ2n) is 2.68. The second-order valence-corrected chi connectivity index (χ2v) is 4.30. The van der Waals surface area contributed by atoms with Crippen LogP contribution in [0.25, 0.3) is 0 Å². The molecule has 0 saturated heterocycles. The monoisotopic (exact) mass is 229 g/mol. The molecule has 15 heavy (non-hydrogen) atoms. The summed E-state index contributed by atoms with van der Waals surface area (Å²) < 4.78 is 33.5. The third-order valence-electron chi connectivity index (χ3n) is 1.28. The van der Waals surface area contributed by atoms with Gasteiger partial charge in [0.2, 0.25) is 10.0 Å². The molecule has 0 aromatic heterocycles. The summed E-state index contributed by atoms with van der Waals surface area (Å²) in [4.78, 5) is 0. The van der Waals surface area contributed by atoms with Gasteiger partial charge < -0.3 is 0 Å². The van der Waals surface area contributed by atoms with E-state index in [0.717, 1.165) is 0 Å². The summed E-state index contributed by atoms with van der Waals surface area (Å²) in [5.74, 6) is -0.652. The van der Waals surface area contributed by atoms with E-state index in [0.29, 0.717) is 5.56 Å². The maximum Gasteiger partial charge on any atom is 0.213 e. The number of rotatable bonds is 2. The Morgan fingerprint density at radius 1 is 1.27 bits per heavy atom. The smallest absolute Gasteiger partial charge is 0.213 e. The second kappa shape index (κ2) is 6.14. The van der Waals surface area contributed by atoms with Gasteiger partial charge in [0.05, 0.1) is 5.75 Å². The van der Waals surface area contributed by atoms with Gasteiger partial charge in [-0.1, -0.05) is 25.3 Å². The number of primary sulfonamides is 1. The van der Waals surface area contributed by atoms with Crippen LogP contribution in [-0.2, 0) is 15.8 Å². The van der Waals surface area contributed by atoms with E-state index in [1.807, 2.05) is 0 Å². The Bertz CT molecular complexity index is 431. The molecule has 3 nitrogen and oxygen atoms in total. The minimum Gasteiger partial charge on any atom is -0.228 e. The van der Waals surface area contributed by atoms with Gasteiger partial charge in [-0.3, -0.25) is 0 Å². The van der Waals surface area contributed by atoms with Crippen LogP contribution in [0, 0.1) is 5.82 Å². The third-order valence-corrected chi connectivity index (χ3v) is 2.02. The lowest BCUT2D eigenvalue weighted by Crippen LogP contribution is -2.14. The zero-order chi connectivity index (χ0) is 11.9. The molecule has 0 heterocycles. The first-order valence-corrected chi connectivity index (χ1v) is 5.64. The highest BCUT2D eigenvalue weighted by Crippen LogP contribution is 2.04. The molecular weight excluding hydrogens is 217 g/mol. The molecule has 5 heteroatoms. The minimum atomic E-state index is -3.51. The van der Waals surface area contributed by atoms with E-state index in [2.05, 4.69) is 18.9 Å². The predicted octanol–water partition coefficient (Wildman–Crippen LogP) is 1.57. The fourth-order valence-corrected chi connectivity index (χ4v) is 1.47. The highest BCUT2D eigenvalue weighted by atomic mass is 32.2. The molecule has 1 rings (SSSR count). The van der Waals surface area contributed by atoms with Gasteiger partial charge in [-0.2, -0.15) is 0 Å². The lowest BCUT2D eigenvalue weighted by atomic mass is 10.2. The number of benzene rings is 1. The SMILES string of the molecule is C=C=C.NS(=O)(=O)Cc1ccc(F)cc1. The van der Waals surface area contributed by atoms with Crippen molar-refractivity contribution in [2.75, 3.05) is 0 Å². The van der Waals surface area contributed by atoms with Crippen molar-refractivity contribution in [3.8, 4) is 0 Å². The number of hydrogen-bond acceptors (Lipinski definition) is 2. The van der Waals surface area contributed by atoms with Gasteiger partial charge >= 0.3 is 0 Å². The van der Waals surface area contributed by atoms with E-state index >= 15 is 0 Å². The first-order chi connectivity index (χ1) is 6.89. The minimum absolute atomic E-state index is 0.257. The van der Waals surface area contributed by atoms with Crippen molar-refractivity contribution in [1.29, 1.82) is 0 Å². The molecular formula is C10H12FNO2S. The van der Waals surface area contributed by atoms with E-state index in [-0.39, 0.29) is 5.75 Å². The predicted molar refractivity (Wildman–Crippen MR) is 58.0 cm³/mol. The van der Waals surface area contributed by atoms with Gasteiger partial charge in [0.15, 0.2) is 0 Å². The van der Waals surface area contributed by atoms with Gasteiger partial charge in [0.1, 0.15) is 5.82 Å². The molecule has 0 bridgehead atoms. The molecule has 2 N–H and O–H groups in total. The quantitative estimate of drug-likeness (QED) is 0.782. The largest absolute Gasteiger partial charge is 0.228 e. The maximum atomic E-state index is 12.3. The highest BCUT2D eigenvalue weighted by Gasteiger charge is 2.03. The molecule has 0 amide bonds. The fourth-order valence-electron chi connectivity index (χ4n) is 0.813. The van der Waals surface area contributed by atoms with Crippen molar-refractivity contribution in [3.05, 3.63) is 54.5 Å². The number of halogens is 1. The summed E-state index contributed by atoms with van der Waals surface area (Å²) in [7, 11) is -3.51. The van der Waals surface area contributed by atoms with Gasteiger partial charge in [0.25, 0.3) is 0 Å². The van der Waals surface area contributed by atoms with E-state index in [9.17, 15) is 12.8 Å². The summed E-state index contributed by atoms with van der Waals surface area (Å²) >= 11 is 0. The summed E-state index contributed by atoms with van der Waals surface area (Å²) in [6.45, 7) is 6.25. The zero-order valence-electron chi connectivity index (χ0n) is 8.11. The fraction of sp³-hybridized carbons (Fsp3) is 0.100. The van der Waals surface area contributed by atoms with E-state index in [1.165, 1.54) is 24.3 Å². The number of sulfonamides is 1. The summed E-state index contributed by atoms with van der Waals surface area (Å²) in [6, 6.07) is 5.17. The topological polar surface area (TPSA) is 60.2 Å². The van der Waals surface area contributed by atoms with Gasteiger partial charge in [-0.15, -0.1) is 5.73 Å². The molecule has 0 aliphatic carbocycles. The van der Waals surface area contributed by atoms with Crippen LogP contribution in [0.2, 0.25) is 0 Å². The highest BCUT2D eigenvalue weighted by molar-refractivity contribution is 7.88. The van der Waals surface area contributed by atoms with Crippen molar-refractivity contribution in [2.45, 2.75) is 5.75 Å². The van der Waals surface area contributed by atoms with Gasteiger partial charge in [-0.05, 0) is 17.7 Å². The van der Waals surface area contributed by atoms with E-state index in [4.69, 9.17) is 5.14 Å². The number of hydrogen-bond donors (Lipinski definition) is 1. The molecule has 0 spiro atoms. The Kier molecular flexibility index (Phi) is 5.56. The molecule has 82 valence electrons. The average Bonchev–Trinajstić information content (AvgIpc) is 2.08. The Morgan fingerprint density at radius 3 is 2.00 bits per heavy atom. The van der Waals surface area contributed by atoms with Crippen molar-refractivity contribution in [1.82, 2.24) is 0 Å². The van der Waals surface area contributed by atoms with Crippen molar-refractivity contribution >= 4 is 10.0 Å². The van der Waals surface area contributed by atoms with Crippen molar-refractivity contribution in [3.63, 3.8) is 0 Å². The van der Waals surface area contributed by atoms with Crippen LogP contribution in [0.15, 0.2) is 43.2 Å². The first-order valence-electron chi connectivity index (χ1n) is 3.93. The van der Waals surface area contributed by atoms with Crippen LogP contribution in [0.1, 0.15) is 5.56 Å². The standard InChI is InChI=1S/C7H8FNO2S.C3H4/c8-7-3-1-6(2-4-7)5-12(9,10)11;1-3-2/h1-4H,5H2,(H2,9,10,11);1-2H2. The molecule has 0 radical (unpaired) electrons. The van der Waals surface area contributed by atoms with E-state index < -0.39 is 15.8 Å². The molecule has 0 saturated carbocycles. The van der Waals surface area contributed by atoms with Crippen LogP contribution in [-0.4, -0.2) is 8.42 Å². The normalized spacial score (nSPS) is 9.73. The van der Waals surface area contributed by atoms with Crippen molar-refractivity contribution < 1.29 is 12.8 Å². The van der Waals surface area contributed by atoms with E-state index in [1.54, 1.807) is 0 Å². The Hall–Kier alpha value is -1.42. The molecule has 0 atom stereocenters. The molecule has 1 aromatic rings. The summed E-state index contributed by atoms with van der Waals surface area (Å²) in [5.41, 5.74) is 2.74. The first kappa shape index (κ1) is 13.6. The van der Waals surface area contributed by atoms with Crippen LogP contribution in [0.4, 0.5) is 4.39 Å². The Balaban J connectivity index is 0.000000583. The van der Waals surface area contributed by atoms with Gasteiger partial charge in [-0.25, -0.2) is 17.9 Å². The van der Waals surface area contributed by atoms with Crippen LogP contribution < -0.4 is 5.14 Å². The zero-order valence-corrected chi connectivity index (χ0v) is 8.93. The maximum absolute atomic E-state index is 12.3. The van der Waals surface area contributed by atoms with Crippen molar-refractivity contribution in [2.24, 2.45) is 5.14 Å². The summed E-state index contributed by atoms with van der Waals surface area (Å²) in [5, 5.41) is 4.78. The summed E-state index contributed by atoms with van der Waals surface area (Å²) in [6.07, 6.45) is 0. The molecule has 0 aliphatic rings. The van der Waals surface area contributed by atoms with Crippen LogP contribution >= 0.6 is 0 Å². The average molecular weight is 229 g/mol. The number of nitrogens with two attached hydrogens (primary N) is 1. The van der Waals surface area contributed by atoms with Crippen LogP contribution in [0.3, 0.4) is 0 Å². The molecule has 0 fully saturated rings. The van der Waals surface area contributed by atoms with Gasteiger partial charge in [0, 0.05) is 0 Å². The Morgan fingerprint density at radius 2 is 1.67 bits per heavy atom.